The molecule has 0 aliphatic carbocycles. The highest BCUT2D eigenvalue weighted by molar-refractivity contribution is 6.33. The highest BCUT2D eigenvalue weighted by atomic mass is 35.5. The number of para-hydroxylation sites is 1. The van der Waals surface area contributed by atoms with Crippen LogP contribution in [0.15, 0.2) is 65.5 Å². The minimum atomic E-state index is -0.363. The third kappa shape index (κ3) is 4.54. The molecule has 0 bridgehead atoms. The molecule has 0 unspecified atom stereocenters. The van der Waals surface area contributed by atoms with Crippen molar-refractivity contribution in [1.29, 1.82) is 0 Å². The lowest BCUT2D eigenvalue weighted by Gasteiger charge is -2.11. The Kier molecular flexibility index (Phi) is 5.88. The maximum Gasteiger partial charge on any atom is 0.267 e. The maximum atomic E-state index is 12.3. The van der Waals surface area contributed by atoms with Crippen LogP contribution in [0.2, 0.25) is 5.02 Å². The number of hydrogen-bond donors (Lipinski definition) is 1. The molecule has 0 radical (unpaired) electrons. The minimum absolute atomic E-state index is 0.188. The molecule has 0 saturated carbocycles. The van der Waals surface area contributed by atoms with E-state index in [1.807, 2.05) is 36.4 Å². The maximum absolute atomic E-state index is 12.3. The number of rotatable bonds is 6. The van der Waals surface area contributed by atoms with E-state index in [9.17, 15) is 9.59 Å². The largest absolute Gasteiger partial charge is 0.496 e. The fourth-order valence-electron chi connectivity index (χ4n) is 2.61. The molecule has 3 rings (SSSR count). The van der Waals surface area contributed by atoms with Crippen LogP contribution in [0.5, 0.6) is 5.75 Å². The van der Waals surface area contributed by atoms with E-state index in [2.05, 4.69) is 10.4 Å². The smallest absolute Gasteiger partial charge is 0.267 e. The highest BCUT2D eigenvalue weighted by Gasteiger charge is 2.10. The van der Waals surface area contributed by atoms with Gasteiger partial charge in [0, 0.05) is 23.7 Å². The number of methoxy groups -OCH3 is 1. The van der Waals surface area contributed by atoms with Crippen molar-refractivity contribution in [3.05, 3.63) is 81.6 Å². The lowest BCUT2D eigenvalue weighted by molar-refractivity contribution is -0.122. The van der Waals surface area contributed by atoms with Gasteiger partial charge in [-0.25, -0.2) is 4.68 Å². The van der Waals surface area contributed by atoms with E-state index in [4.69, 9.17) is 16.3 Å². The van der Waals surface area contributed by atoms with Crippen molar-refractivity contribution in [1.82, 2.24) is 15.1 Å². The summed E-state index contributed by atoms with van der Waals surface area (Å²) < 4.78 is 6.38. The molecule has 0 aliphatic heterocycles. The predicted octanol–water partition coefficient (Wildman–Crippen LogP) is 2.89. The summed E-state index contributed by atoms with van der Waals surface area (Å²) in [6, 6.07) is 17.6. The van der Waals surface area contributed by atoms with Crippen molar-refractivity contribution in [3.8, 4) is 17.0 Å². The Morgan fingerprint density at radius 2 is 1.85 bits per heavy atom. The Morgan fingerprint density at radius 3 is 2.63 bits per heavy atom. The van der Waals surface area contributed by atoms with Crippen molar-refractivity contribution in [2.75, 3.05) is 7.11 Å². The van der Waals surface area contributed by atoms with Crippen LogP contribution in [0.1, 0.15) is 5.56 Å². The third-order valence-electron chi connectivity index (χ3n) is 3.98. The molecule has 0 fully saturated rings. The van der Waals surface area contributed by atoms with Gasteiger partial charge in [0.2, 0.25) is 5.91 Å². The van der Waals surface area contributed by atoms with Crippen LogP contribution in [0, 0.1) is 0 Å². The second-order valence-corrected chi connectivity index (χ2v) is 6.19. The Morgan fingerprint density at radius 1 is 1.11 bits per heavy atom. The number of aromatic nitrogens is 2. The normalized spacial score (nSPS) is 10.4. The van der Waals surface area contributed by atoms with E-state index in [0.29, 0.717) is 28.6 Å². The molecule has 6 nitrogen and oxygen atoms in total. The summed E-state index contributed by atoms with van der Waals surface area (Å²) in [7, 11) is 1.57. The molecule has 0 spiro atoms. The van der Waals surface area contributed by atoms with Gasteiger partial charge >= 0.3 is 0 Å². The molecule has 3 aromatic rings. The summed E-state index contributed by atoms with van der Waals surface area (Å²) >= 11 is 6.18. The molecule has 0 saturated heterocycles. The van der Waals surface area contributed by atoms with Gasteiger partial charge in [0.05, 0.1) is 17.8 Å². The number of nitrogens with one attached hydrogen (secondary N) is 1. The van der Waals surface area contributed by atoms with Gasteiger partial charge < -0.3 is 10.1 Å². The van der Waals surface area contributed by atoms with Gasteiger partial charge in [0.25, 0.3) is 5.56 Å². The minimum Gasteiger partial charge on any atom is -0.496 e. The van der Waals surface area contributed by atoms with Crippen molar-refractivity contribution in [2.24, 2.45) is 0 Å². The van der Waals surface area contributed by atoms with E-state index in [1.54, 1.807) is 25.3 Å². The Balaban J connectivity index is 1.73. The molecule has 0 aliphatic rings. The lowest BCUT2D eigenvalue weighted by atomic mass is 10.1. The van der Waals surface area contributed by atoms with Crippen molar-refractivity contribution in [2.45, 2.75) is 13.1 Å². The van der Waals surface area contributed by atoms with E-state index < -0.39 is 0 Å². The number of carbonyl (C=O) groups is 1. The Hall–Kier alpha value is -3.12. The van der Waals surface area contributed by atoms with Gasteiger partial charge in [0.1, 0.15) is 12.3 Å². The van der Waals surface area contributed by atoms with Gasteiger partial charge in [-0.1, -0.05) is 48.0 Å². The number of amides is 1. The van der Waals surface area contributed by atoms with E-state index in [1.165, 1.54) is 6.07 Å². The lowest BCUT2D eigenvalue weighted by Crippen LogP contribution is -2.33. The molecule has 2 aromatic carbocycles. The van der Waals surface area contributed by atoms with Gasteiger partial charge in [-0.15, -0.1) is 0 Å². The monoisotopic (exact) mass is 383 g/mol. The molecule has 1 aromatic heterocycles. The van der Waals surface area contributed by atoms with Gasteiger partial charge in [-0.2, -0.15) is 5.10 Å². The van der Waals surface area contributed by atoms with E-state index in [-0.39, 0.29) is 18.0 Å². The summed E-state index contributed by atoms with van der Waals surface area (Å²) in [4.78, 5) is 24.3. The summed E-state index contributed by atoms with van der Waals surface area (Å²) in [6.07, 6.45) is 0. The molecular formula is C20H18ClN3O3. The first-order valence-corrected chi connectivity index (χ1v) is 8.68. The second-order valence-electron chi connectivity index (χ2n) is 5.78. The van der Waals surface area contributed by atoms with Gasteiger partial charge in [-0.3, -0.25) is 9.59 Å². The van der Waals surface area contributed by atoms with Gasteiger partial charge in [0.15, 0.2) is 0 Å². The average molecular weight is 384 g/mol. The first-order chi connectivity index (χ1) is 13.1. The molecule has 1 amide bonds. The molecule has 1 heterocycles. The van der Waals surface area contributed by atoms with Crippen LogP contribution in [-0.4, -0.2) is 22.8 Å². The zero-order valence-electron chi connectivity index (χ0n) is 14.7. The first kappa shape index (κ1) is 18.7. The topological polar surface area (TPSA) is 73.2 Å². The number of nitrogens with zero attached hydrogens (tertiary/aromatic N) is 2. The second kappa shape index (κ2) is 8.51. The van der Waals surface area contributed by atoms with E-state index in [0.717, 1.165) is 10.2 Å². The first-order valence-electron chi connectivity index (χ1n) is 8.30. The molecule has 138 valence electrons. The molecule has 27 heavy (non-hydrogen) atoms. The fourth-order valence-corrected chi connectivity index (χ4v) is 2.84. The van der Waals surface area contributed by atoms with Crippen LogP contribution in [0.25, 0.3) is 11.3 Å². The molecule has 7 heteroatoms. The van der Waals surface area contributed by atoms with Crippen molar-refractivity contribution < 1.29 is 9.53 Å². The summed E-state index contributed by atoms with van der Waals surface area (Å²) in [6.45, 7) is 0.105. The predicted molar refractivity (Wildman–Crippen MR) is 104 cm³/mol. The standard InChI is InChI=1S/C20H18ClN3O3/c1-27-18-9-5-2-6-14(18)12-22-19(25)13-24-20(26)11-10-17(23-24)15-7-3-4-8-16(15)21/h2-11H,12-13H2,1H3,(H,22,25). The summed E-state index contributed by atoms with van der Waals surface area (Å²) in [5.41, 5.74) is 1.71. The van der Waals surface area contributed by atoms with Crippen LogP contribution >= 0.6 is 11.6 Å². The van der Waals surface area contributed by atoms with Crippen molar-refractivity contribution >= 4 is 17.5 Å². The zero-order valence-corrected chi connectivity index (χ0v) is 15.4. The summed E-state index contributed by atoms with van der Waals surface area (Å²) in [5, 5.41) is 7.57. The molecular weight excluding hydrogens is 366 g/mol. The van der Waals surface area contributed by atoms with Crippen LogP contribution < -0.4 is 15.6 Å². The molecule has 0 atom stereocenters. The average Bonchev–Trinajstić information content (AvgIpc) is 2.69. The van der Waals surface area contributed by atoms with Crippen LogP contribution in [0.3, 0.4) is 0 Å². The highest BCUT2D eigenvalue weighted by Crippen LogP contribution is 2.24. The van der Waals surface area contributed by atoms with Crippen molar-refractivity contribution in [3.63, 3.8) is 0 Å². The quantitative estimate of drug-likeness (QED) is 0.710. The zero-order chi connectivity index (χ0) is 19.2. The number of ether oxygens (including phenoxy) is 1. The van der Waals surface area contributed by atoms with E-state index >= 15 is 0 Å². The fraction of sp³-hybridized carbons (Fsp3) is 0.150. The Bertz CT molecular complexity index is 1020. The number of carbonyl (C=O) groups excluding carboxylic acids is 1. The van der Waals surface area contributed by atoms with Gasteiger partial charge in [-0.05, 0) is 18.2 Å². The number of benzene rings is 2. The molecule has 1 N–H and O–H groups in total. The number of halogens is 1. The number of hydrogen-bond acceptors (Lipinski definition) is 4. The third-order valence-corrected chi connectivity index (χ3v) is 4.31. The SMILES string of the molecule is COc1ccccc1CNC(=O)Cn1nc(-c2ccccc2Cl)ccc1=O. The summed E-state index contributed by atoms with van der Waals surface area (Å²) in [5.74, 6) is 0.362. The van der Waals surface area contributed by atoms with Crippen LogP contribution in [0.4, 0.5) is 0 Å². The Labute approximate surface area is 161 Å². The van der Waals surface area contributed by atoms with Crippen LogP contribution in [-0.2, 0) is 17.9 Å².